The Bertz CT molecular complexity index is 728. The van der Waals surface area contributed by atoms with Gasteiger partial charge >= 0.3 is 0 Å². The van der Waals surface area contributed by atoms with Crippen molar-refractivity contribution < 1.29 is 9.84 Å². The van der Waals surface area contributed by atoms with Crippen LogP contribution in [0, 0.1) is 0 Å². The van der Waals surface area contributed by atoms with Crippen molar-refractivity contribution in [1.29, 1.82) is 0 Å². The highest BCUT2D eigenvalue weighted by Crippen LogP contribution is 2.41. The van der Waals surface area contributed by atoms with Gasteiger partial charge in [0, 0.05) is 29.7 Å². The van der Waals surface area contributed by atoms with E-state index in [-0.39, 0.29) is 12.2 Å². The zero-order valence-corrected chi connectivity index (χ0v) is 16.3. The van der Waals surface area contributed by atoms with Gasteiger partial charge in [-0.15, -0.1) is 11.3 Å². The van der Waals surface area contributed by atoms with E-state index >= 15 is 0 Å². The minimum atomic E-state index is -0.158. The molecule has 5 nitrogen and oxygen atoms in total. The van der Waals surface area contributed by atoms with Gasteiger partial charge in [-0.25, -0.2) is 9.97 Å². The summed E-state index contributed by atoms with van der Waals surface area (Å²) < 4.78 is 5.96. The summed E-state index contributed by atoms with van der Waals surface area (Å²) >= 11 is 3.39. The molecule has 1 aliphatic heterocycles. The highest BCUT2D eigenvalue weighted by Gasteiger charge is 2.31. The van der Waals surface area contributed by atoms with Crippen LogP contribution < -0.4 is 5.32 Å². The molecule has 24 heavy (non-hydrogen) atoms. The molecule has 0 saturated carbocycles. The van der Waals surface area contributed by atoms with Gasteiger partial charge < -0.3 is 15.2 Å². The minimum absolute atomic E-state index is 0.158. The third-order valence-electron chi connectivity index (χ3n) is 3.88. The molecule has 3 heterocycles. The van der Waals surface area contributed by atoms with Crippen LogP contribution in [0.15, 0.2) is 5.16 Å². The zero-order valence-electron chi connectivity index (χ0n) is 14.7. The number of hydrogen-bond acceptors (Lipinski definition) is 7. The summed E-state index contributed by atoms with van der Waals surface area (Å²) in [7, 11) is 0. The Morgan fingerprint density at radius 1 is 1.38 bits per heavy atom. The smallest absolute Gasteiger partial charge is 0.191 e. The maximum Gasteiger partial charge on any atom is 0.191 e. The Balaban J connectivity index is 2.06. The molecule has 0 aromatic carbocycles. The number of aliphatic hydroxyl groups excluding tert-OH is 1. The lowest BCUT2D eigenvalue weighted by atomic mass is 9.94. The molecule has 0 saturated heterocycles. The van der Waals surface area contributed by atoms with Gasteiger partial charge in [-0.1, -0.05) is 25.6 Å². The number of nitrogens with one attached hydrogen (secondary N) is 1. The molecule has 0 unspecified atom stereocenters. The quantitative estimate of drug-likeness (QED) is 0.459. The number of thiophene rings is 1. The third-order valence-corrected chi connectivity index (χ3v) is 5.84. The summed E-state index contributed by atoms with van der Waals surface area (Å²) in [6.45, 7) is 10.1. The molecule has 0 aliphatic carbocycles. The Morgan fingerprint density at radius 3 is 2.88 bits per heavy atom. The maximum absolute atomic E-state index is 9.06. The fourth-order valence-corrected chi connectivity index (χ4v) is 4.67. The Labute approximate surface area is 151 Å². The summed E-state index contributed by atoms with van der Waals surface area (Å²) in [6.07, 6.45) is 1.58. The molecule has 2 aromatic heterocycles. The van der Waals surface area contributed by atoms with E-state index in [4.69, 9.17) is 19.8 Å². The average Bonchev–Trinajstić information content (AvgIpc) is 2.83. The van der Waals surface area contributed by atoms with Gasteiger partial charge in [0.05, 0.1) is 17.6 Å². The average molecular weight is 368 g/mol. The largest absolute Gasteiger partial charge is 0.396 e. The Kier molecular flexibility index (Phi) is 5.34. The van der Waals surface area contributed by atoms with Gasteiger partial charge in [0.1, 0.15) is 10.6 Å². The van der Waals surface area contributed by atoms with Gasteiger partial charge in [0.25, 0.3) is 0 Å². The lowest BCUT2D eigenvalue weighted by molar-refractivity contribution is -0.0379. The lowest BCUT2D eigenvalue weighted by Crippen LogP contribution is -2.31. The third kappa shape index (κ3) is 3.85. The number of nitrogens with zero attached hydrogens (tertiary/aromatic N) is 2. The SMILES string of the molecule is CC(C)Sc1nc(NCCCO)c2c3c(sc2n1)COC(C)(C)C3. The number of aliphatic hydroxyl groups is 1. The Morgan fingerprint density at radius 2 is 2.17 bits per heavy atom. The molecule has 1 aliphatic rings. The van der Waals surface area contributed by atoms with E-state index in [1.807, 2.05) is 0 Å². The van der Waals surface area contributed by atoms with E-state index in [0.717, 1.165) is 27.6 Å². The van der Waals surface area contributed by atoms with Crippen LogP contribution in [-0.2, 0) is 17.8 Å². The summed E-state index contributed by atoms with van der Waals surface area (Å²) in [5.41, 5.74) is 1.16. The highest BCUT2D eigenvalue weighted by molar-refractivity contribution is 7.99. The molecule has 0 radical (unpaired) electrons. The first-order valence-electron chi connectivity index (χ1n) is 8.37. The normalized spacial score (nSPS) is 16.6. The van der Waals surface area contributed by atoms with Crippen LogP contribution >= 0.6 is 23.1 Å². The van der Waals surface area contributed by atoms with Crippen molar-refractivity contribution in [2.75, 3.05) is 18.5 Å². The number of aromatic nitrogens is 2. The first-order valence-corrected chi connectivity index (χ1v) is 10.1. The van der Waals surface area contributed by atoms with E-state index in [0.29, 0.717) is 24.8 Å². The molecule has 132 valence electrons. The van der Waals surface area contributed by atoms with Gasteiger partial charge in [0.15, 0.2) is 5.16 Å². The van der Waals surface area contributed by atoms with Crippen LogP contribution in [-0.4, -0.2) is 39.1 Å². The predicted octanol–water partition coefficient (Wildman–Crippen LogP) is 3.84. The molecule has 0 spiro atoms. The molecule has 0 bridgehead atoms. The first-order chi connectivity index (χ1) is 11.4. The molecule has 2 aromatic rings. The van der Waals surface area contributed by atoms with Crippen molar-refractivity contribution in [2.45, 2.75) is 63.2 Å². The van der Waals surface area contributed by atoms with Gasteiger partial charge in [-0.05, 0) is 25.8 Å². The number of fused-ring (bicyclic) bond motifs is 3. The second kappa shape index (κ2) is 7.15. The van der Waals surface area contributed by atoms with Crippen LogP contribution in [0.4, 0.5) is 5.82 Å². The fraction of sp³-hybridized carbons (Fsp3) is 0.647. The molecule has 0 atom stereocenters. The van der Waals surface area contributed by atoms with Crippen LogP contribution in [0.3, 0.4) is 0 Å². The Hall–Kier alpha value is -0.890. The number of thioether (sulfide) groups is 1. The van der Waals surface area contributed by atoms with Gasteiger partial charge in [0.2, 0.25) is 0 Å². The van der Waals surface area contributed by atoms with Crippen molar-refractivity contribution in [3.05, 3.63) is 10.4 Å². The van der Waals surface area contributed by atoms with E-state index in [1.54, 1.807) is 23.1 Å². The van der Waals surface area contributed by atoms with Crippen molar-refractivity contribution >= 4 is 39.1 Å². The molecule has 0 fully saturated rings. The topological polar surface area (TPSA) is 67.3 Å². The van der Waals surface area contributed by atoms with Crippen LogP contribution in [0.5, 0.6) is 0 Å². The molecular formula is C17H25N3O2S2. The summed E-state index contributed by atoms with van der Waals surface area (Å²) in [6, 6.07) is 0. The first kappa shape index (κ1) is 17.9. The minimum Gasteiger partial charge on any atom is -0.396 e. The number of anilines is 1. The lowest BCUT2D eigenvalue weighted by Gasteiger charge is -2.30. The van der Waals surface area contributed by atoms with Crippen LogP contribution in [0.2, 0.25) is 0 Å². The van der Waals surface area contributed by atoms with Crippen LogP contribution in [0.1, 0.15) is 44.6 Å². The zero-order chi connectivity index (χ0) is 17.3. The molecule has 3 rings (SSSR count). The molecule has 2 N–H and O–H groups in total. The summed E-state index contributed by atoms with van der Waals surface area (Å²) in [4.78, 5) is 11.8. The standard InChI is InChI=1S/C17H25N3O2S2/c1-10(2)23-16-19-14(18-6-5-7-21)13-11-8-17(3,4)22-9-12(11)24-15(13)20-16/h10,21H,5-9H2,1-4H3,(H,18,19,20). The second-order valence-corrected chi connectivity index (χ2v) is 9.56. The number of ether oxygens (including phenoxy) is 1. The van der Waals surface area contributed by atoms with Crippen molar-refractivity contribution in [1.82, 2.24) is 9.97 Å². The summed E-state index contributed by atoms with van der Waals surface area (Å²) in [5.74, 6) is 0.895. The van der Waals surface area contributed by atoms with E-state index < -0.39 is 0 Å². The maximum atomic E-state index is 9.06. The monoisotopic (exact) mass is 367 g/mol. The van der Waals surface area contributed by atoms with E-state index in [9.17, 15) is 0 Å². The molecule has 0 amide bonds. The summed E-state index contributed by atoms with van der Waals surface area (Å²) in [5, 5.41) is 14.8. The number of hydrogen-bond donors (Lipinski definition) is 2. The van der Waals surface area contributed by atoms with Crippen molar-refractivity contribution in [2.24, 2.45) is 0 Å². The number of rotatable bonds is 6. The van der Waals surface area contributed by atoms with Gasteiger partial charge in [-0.3, -0.25) is 0 Å². The second-order valence-electron chi connectivity index (χ2n) is 6.93. The predicted molar refractivity (Wildman–Crippen MR) is 101 cm³/mol. The molecular weight excluding hydrogens is 342 g/mol. The van der Waals surface area contributed by atoms with Crippen molar-refractivity contribution in [3.63, 3.8) is 0 Å². The van der Waals surface area contributed by atoms with E-state index in [2.05, 4.69) is 33.0 Å². The molecule has 7 heteroatoms. The fourth-order valence-electron chi connectivity index (χ4n) is 2.80. The van der Waals surface area contributed by atoms with Gasteiger partial charge in [-0.2, -0.15) is 0 Å². The van der Waals surface area contributed by atoms with Crippen molar-refractivity contribution in [3.8, 4) is 0 Å². The highest BCUT2D eigenvalue weighted by atomic mass is 32.2. The van der Waals surface area contributed by atoms with E-state index in [1.165, 1.54) is 10.4 Å². The van der Waals surface area contributed by atoms with Crippen LogP contribution in [0.25, 0.3) is 10.2 Å².